The highest BCUT2D eigenvalue weighted by Gasteiger charge is 2.29. The number of anilines is 1. The lowest BCUT2D eigenvalue weighted by Gasteiger charge is -2.31. The van der Waals surface area contributed by atoms with Crippen molar-refractivity contribution in [3.8, 4) is 0 Å². The third-order valence-corrected chi connectivity index (χ3v) is 4.44. The van der Waals surface area contributed by atoms with E-state index in [0.717, 1.165) is 22.4 Å². The molecule has 0 fully saturated rings. The van der Waals surface area contributed by atoms with Crippen LogP contribution in [-0.4, -0.2) is 19.7 Å². The van der Waals surface area contributed by atoms with Crippen molar-refractivity contribution in [3.05, 3.63) is 70.7 Å². The van der Waals surface area contributed by atoms with Crippen LogP contribution >= 0.6 is 15.9 Å². The topological polar surface area (TPSA) is 55.6 Å². The summed E-state index contributed by atoms with van der Waals surface area (Å²) in [5.74, 6) is 0.796. The molecule has 110 valence electrons. The van der Waals surface area contributed by atoms with Crippen LogP contribution in [0.1, 0.15) is 29.6 Å². The number of rotatable bonds is 2. The number of fused-ring (bicyclic) bond motifs is 1. The highest BCUT2D eigenvalue weighted by atomic mass is 79.9. The third kappa shape index (κ3) is 2.39. The lowest BCUT2D eigenvalue weighted by Crippen LogP contribution is -2.28. The summed E-state index contributed by atoms with van der Waals surface area (Å²) < 4.78 is 3.03. The van der Waals surface area contributed by atoms with Gasteiger partial charge in [-0.1, -0.05) is 34.1 Å². The molecule has 0 amide bonds. The van der Waals surface area contributed by atoms with Crippen molar-refractivity contribution >= 4 is 21.9 Å². The molecule has 0 bridgehead atoms. The Kier molecular flexibility index (Phi) is 3.38. The number of nitrogens with one attached hydrogen (secondary N) is 1. The lowest BCUT2D eigenvalue weighted by molar-refractivity contribution is 0.430. The van der Waals surface area contributed by atoms with Crippen LogP contribution in [-0.2, 0) is 0 Å². The molecule has 1 aromatic carbocycles. The Morgan fingerprint density at radius 3 is 2.91 bits per heavy atom. The first kappa shape index (κ1) is 13.5. The van der Waals surface area contributed by atoms with E-state index in [4.69, 9.17) is 0 Å². The lowest BCUT2D eigenvalue weighted by atomic mass is 9.94. The number of aromatic nitrogens is 4. The molecule has 1 N–H and O–H groups in total. The average Bonchev–Trinajstić information content (AvgIpc) is 3.03. The van der Waals surface area contributed by atoms with Crippen molar-refractivity contribution in [2.75, 3.05) is 5.32 Å². The minimum atomic E-state index is 0.154. The molecule has 2 atom stereocenters. The average molecular weight is 356 g/mol. The highest BCUT2D eigenvalue weighted by molar-refractivity contribution is 9.10. The Labute approximate surface area is 136 Å². The zero-order valence-corrected chi connectivity index (χ0v) is 13.3. The number of benzene rings is 1. The van der Waals surface area contributed by atoms with Crippen LogP contribution in [0.3, 0.4) is 0 Å². The number of halogens is 1. The molecule has 0 unspecified atom stereocenters. The van der Waals surface area contributed by atoms with Crippen LogP contribution in [0, 0.1) is 0 Å². The normalized spacial score (nSPS) is 20.2. The molecule has 0 saturated heterocycles. The van der Waals surface area contributed by atoms with Gasteiger partial charge < -0.3 is 5.32 Å². The van der Waals surface area contributed by atoms with Crippen molar-refractivity contribution in [2.45, 2.75) is 18.5 Å². The zero-order valence-electron chi connectivity index (χ0n) is 11.7. The maximum absolute atomic E-state index is 4.38. The smallest absolute Gasteiger partial charge is 0.222 e. The number of pyridine rings is 1. The van der Waals surface area contributed by atoms with Gasteiger partial charge in [0.2, 0.25) is 5.95 Å². The molecule has 0 spiro atoms. The van der Waals surface area contributed by atoms with E-state index in [9.17, 15) is 0 Å². The Morgan fingerprint density at radius 2 is 2.09 bits per heavy atom. The second-order valence-corrected chi connectivity index (χ2v) is 6.23. The second kappa shape index (κ2) is 5.53. The molecule has 3 aromatic rings. The van der Waals surface area contributed by atoms with E-state index in [1.165, 1.54) is 5.56 Å². The summed E-state index contributed by atoms with van der Waals surface area (Å²) in [5, 5.41) is 7.83. The Morgan fingerprint density at radius 1 is 1.18 bits per heavy atom. The van der Waals surface area contributed by atoms with E-state index in [-0.39, 0.29) is 12.1 Å². The summed E-state index contributed by atoms with van der Waals surface area (Å²) in [6.07, 6.45) is 6.19. The molecular weight excluding hydrogens is 342 g/mol. The summed E-state index contributed by atoms with van der Waals surface area (Å²) in [5.41, 5.74) is 2.38. The summed E-state index contributed by atoms with van der Waals surface area (Å²) in [6.45, 7) is 0. The van der Waals surface area contributed by atoms with Crippen molar-refractivity contribution in [2.24, 2.45) is 0 Å². The SMILES string of the molecule is Brc1cccc([C@H]2C[C@H](c3cccnc3)Nc3ncnn32)c1. The molecule has 0 aliphatic carbocycles. The van der Waals surface area contributed by atoms with Crippen molar-refractivity contribution in [1.82, 2.24) is 19.7 Å². The maximum atomic E-state index is 4.38. The predicted molar refractivity (Wildman–Crippen MR) is 87.5 cm³/mol. The Bertz CT molecular complexity index is 786. The fraction of sp³-hybridized carbons (Fsp3) is 0.188. The molecule has 1 aliphatic rings. The fourth-order valence-corrected chi connectivity index (χ4v) is 3.33. The largest absolute Gasteiger partial charge is 0.347 e. The molecule has 2 aromatic heterocycles. The van der Waals surface area contributed by atoms with Crippen LogP contribution in [0.5, 0.6) is 0 Å². The summed E-state index contributed by atoms with van der Waals surface area (Å²) >= 11 is 3.55. The summed E-state index contributed by atoms with van der Waals surface area (Å²) in [6, 6.07) is 12.7. The van der Waals surface area contributed by atoms with E-state index in [1.54, 1.807) is 12.5 Å². The molecule has 4 rings (SSSR count). The van der Waals surface area contributed by atoms with Gasteiger partial charge in [0.25, 0.3) is 0 Å². The third-order valence-electron chi connectivity index (χ3n) is 3.95. The van der Waals surface area contributed by atoms with E-state index in [0.29, 0.717) is 0 Å². The second-order valence-electron chi connectivity index (χ2n) is 5.32. The van der Waals surface area contributed by atoms with Gasteiger partial charge in [-0.15, -0.1) is 0 Å². The first-order valence-corrected chi connectivity index (χ1v) is 7.92. The van der Waals surface area contributed by atoms with Gasteiger partial charge in [0.05, 0.1) is 12.1 Å². The maximum Gasteiger partial charge on any atom is 0.222 e. The van der Waals surface area contributed by atoms with Gasteiger partial charge in [-0.25, -0.2) is 4.68 Å². The van der Waals surface area contributed by atoms with Gasteiger partial charge in [-0.2, -0.15) is 10.1 Å². The van der Waals surface area contributed by atoms with Crippen molar-refractivity contribution in [3.63, 3.8) is 0 Å². The van der Waals surface area contributed by atoms with Crippen molar-refractivity contribution < 1.29 is 0 Å². The molecule has 3 heterocycles. The van der Waals surface area contributed by atoms with Gasteiger partial charge in [-0.05, 0) is 35.7 Å². The van der Waals surface area contributed by atoms with Gasteiger partial charge in [0, 0.05) is 16.9 Å². The molecule has 6 heteroatoms. The Balaban J connectivity index is 1.75. The number of hydrogen-bond donors (Lipinski definition) is 1. The highest BCUT2D eigenvalue weighted by Crippen LogP contribution is 2.37. The monoisotopic (exact) mass is 355 g/mol. The van der Waals surface area contributed by atoms with E-state index in [2.05, 4.69) is 60.6 Å². The molecular formula is C16H14BrN5. The van der Waals surface area contributed by atoms with Crippen LogP contribution < -0.4 is 5.32 Å². The molecule has 1 aliphatic heterocycles. The quantitative estimate of drug-likeness (QED) is 0.763. The molecule has 22 heavy (non-hydrogen) atoms. The van der Waals surface area contributed by atoms with E-state index < -0.39 is 0 Å². The van der Waals surface area contributed by atoms with E-state index >= 15 is 0 Å². The van der Waals surface area contributed by atoms with Crippen LogP contribution in [0.4, 0.5) is 5.95 Å². The first-order valence-electron chi connectivity index (χ1n) is 7.13. The van der Waals surface area contributed by atoms with E-state index in [1.807, 2.05) is 23.0 Å². The van der Waals surface area contributed by atoms with Crippen molar-refractivity contribution in [1.29, 1.82) is 0 Å². The standard InChI is InChI=1S/C16H14BrN5/c17-13-5-1-3-11(7-13)15-8-14(12-4-2-6-18-9-12)21-16-19-10-20-22(15)16/h1-7,9-10,14-15H,8H2,(H,19,20,21)/t14-,15-/m1/s1. The molecule has 0 saturated carbocycles. The van der Waals surface area contributed by atoms with Crippen LogP contribution in [0.15, 0.2) is 59.6 Å². The van der Waals surface area contributed by atoms with Crippen LogP contribution in [0.25, 0.3) is 0 Å². The minimum Gasteiger partial charge on any atom is -0.347 e. The number of nitrogens with zero attached hydrogens (tertiary/aromatic N) is 4. The fourth-order valence-electron chi connectivity index (χ4n) is 2.91. The predicted octanol–water partition coefficient (Wildman–Crippen LogP) is 3.58. The first-order chi connectivity index (χ1) is 10.8. The summed E-state index contributed by atoms with van der Waals surface area (Å²) in [4.78, 5) is 8.56. The van der Waals surface area contributed by atoms with Gasteiger partial charge >= 0.3 is 0 Å². The number of hydrogen-bond acceptors (Lipinski definition) is 4. The van der Waals surface area contributed by atoms with Gasteiger partial charge in [0.1, 0.15) is 6.33 Å². The zero-order chi connectivity index (χ0) is 14.9. The van der Waals surface area contributed by atoms with Gasteiger partial charge in [0.15, 0.2) is 0 Å². The van der Waals surface area contributed by atoms with Gasteiger partial charge in [-0.3, -0.25) is 4.98 Å². The molecule has 0 radical (unpaired) electrons. The molecule has 5 nitrogen and oxygen atoms in total. The summed E-state index contributed by atoms with van der Waals surface area (Å²) in [7, 11) is 0. The van der Waals surface area contributed by atoms with Crippen LogP contribution in [0.2, 0.25) is 0 Å². The minimum absolute atomic E-state index is 0.154. The Hall–Kier alpha value is -2.21.